The van der Waals surface area contributed by atoms with Crippen molar-refractivity contribution in [3.63, 3.8) is 0 Å². The summed E-state index contributed by atoms with van der Waals surface area (Å²) in [7, 11) is 1.87. The molecule has 1 aliphatic rings. The molecule has 0 aromatic carbocycles. The number of carbonyl (C=O) groups excluding carboxylic acids is 1. The van der Waals surface area contributed by atoms with E-state index in [0.29, 0.717) is 19.1 Å². The number of rotatable bonds is 8. The monoisotopic (exact) mass is 285 g/mol. The Bertz CT molecular complexity index is 317. The van der Waals surface area contributed by atoms with Crippen molar-refractivity contribution in [3.8, 4) is 0 Å². The second-order valence-corrected chi connectivity index (χ2v) is 6.28. The number of nitrogens with one attached hydrogen (secondary N) is 1. The first-order valence-electron chi connectivity index (χ1n) is 7.92. The largest absolute Gasteiger partial charge is 0.465 e. The summed E-state index contributed by atoms with van der Waals surface area (Å²) in [6, 6.07) is 0. The van der Waals surface area contributed by atoms with Crippen LogP contribution in [0.15, 0.2) is 0 Å². The predicted molar refractivity (Wildman–Crippen MR) is 80.7 cm³/mol. The molecule has 1 fully saturated rings. The minimum atomic E-state index is -0.504. The van der Waals surface area contributed by atoms with Gasteiger partial charge in [-0.2, -0.15) is 0 Å². The molecule has 0 aromatic rings. The number of esters is 1. The highest BCUT2D eigenvalue weighted by Crippen LogP contribution is 2.39. The van der Waals surface area contributed by atoms with E-state index < -0.39 is 5.54 Å². The molecule has 0 saturated heterocycles. The van der Waals surface area contributed by atoms with Crippen molar-refractivity contribution in [3.05, 3.63) is 0 Å². The fourth-order valence-electron chi connectivity index (χ4n) is 3.01. The molecule has 1 N–H and O–H groups in total. The maximum Gasteiger partial charge on any atom is 0.326 e. The average Bonchev–Trinajstić information content (AvgIpc) is 2.83. The molecule has 118 valence electrons. The zero-order valence-corrected chi connectivity index (χ0v) is 13.8. The quantitative estimate of drug-likeness (QED) is 0.697. The summed E-state index contributed by atoms with van der Waals surface area (Å²) in [6.45, 7) is 9.35. The highest BCUT2D eigenvalue weighted by atomic mass is 16.5. The van der Waals surface area contributed by atoms with Crippen LogP contribution in [0.5, 0.6) is 0 Å². The van der Waals surface area contributed by atoms with Gasteiger partial charge in [-0.1, -0.05) is 13.3 Å². The lowest BCUT2D eigenvalue weighted by atomic mass is 9.85. The average molecular weight is 285 g/mol. The maximum atomic E-state index is 12.3. The van der Waals surface area contributed by atoms with Crippen molar-refractivity contribution in [2.45, 2.75) is 70.9 Å². The number of carbonyl (C=O) groups is 1. The van der Waals surface area contributed by atoms with Crippen molar-refractivity contribution < 1.29 is 14.3 Å². The highest BCUT2D eigenvalue weighted by molar-refractivity contribution is 5.81. The smallest absolute Gasteiger partial charge is 0.326 e. The molecule has 0 amide bonds. The van der Waals surface area contributed by atoms with Gasteiger partial charge in [0, 0.05) is 6.61 Å². The van der Waals surface area contributed by atoms with E-state index in [1.54, 1.807) is 0 Å². The van der Waals surface area contributed by atoms with Crippen LogP contribution in [0.2, 0.25) is 0 Å². The van der Waals surface area contributed by atoms with Gasteiger partial charge in [0.25, 0.3) is 0 Å². The minimum absolute atomic E-state index is 0.0785. The van der Waals surface area contributed by atoms with Crippen LogP contribution in [0.1, 0.15) is 59.8 Å². The van der Waals surface area contributed by atoms with Gasteiger partial charge in [-0.25, -0.2) is 0 Å². The van der Waals surface area contributed by atoms with E-state index in [4.69, 9.17) is 9.47 Å². The van der Waals surface area contributed by atoms with Gasteiger partial charge < -0.3 is 14.8 Å². The minimum Gasteiger partial charge on any atom is -0.465 e. The van der Waals surface area contributed by atoms with Crippen LogP contribution in [-0.4, -0.2) is 37.4 Å². The highest BCUT2D eigenvalue weighted by Gasteiger charge is 2.48. The van der Waals surface area contributed by atoms with Gasteiger partial charge >= 0.3 is 5.97 Å². The maximum absolute atomic E-state index is 12.3. The summed E-state index contributed by atoms with van der Waals surface area (Å²) < 4.78 is 11.2. The Morgan fingerprint density at radius 1 is 1.40 bits per heavy atom. The zero-order chi connectivity index (χ0) is 15.2. The Morgan fingerprint density at radius 2 is 2.10 bits per heavy atom. The molecule has 20 heavy (non-hydrogen) atoms. The third-order valence-corrected chi connectivity index (χ3v) is 4.72. The van der Waals surface area contributed by atoms with Gasteiger partial charge in [0.2, 0.25) is 0 Å². The molecule has 0 aliphatic heterocycles. The molecule has 1 rings (SSSR count). The van der Waals surface area contributed by atoms with Crippen molar-refractivity contribution in [2.75, 3.05) is 20.3 Å². The zero-order valence-electron chi connectivity index (χ0n) is 13.8. The third kappa shape index (κ3) is 3.95. The second-order valence-electron chi connectivity index (χ2n) is 6.28. The number of likely N-dealkylation sites (N-methyl/N-ethyl adjacent to an activating group) is 1. The molecular formula is C16H31NO3. The van der Waals surface area contributed by atoms with Crippen LogP contribution in [0.4, 0.5) is 0 Å². The van der Waals surface area contributed by atoms with E-state index in [1.165, 1.54) is 0 Å². The van der Waals surface area contributed by atoms with Gasteiger partial charge in [0.15, 0.2) is 0 Å². The number of ether oxygens (including phenoxy) is 2. The van der Waals surface area contributed by atoms with Crippen molar-refractivity contribution in [1.82, 2.24) is 5.32 Å². The Morgan fingerprint density at radius 3 is 2.65 bits per heavy atom. The first-order chi connectivity index (χ1) is 9.41. The Balaban J connectivity index is 2.61. The first-order valence-corrected chi connectivity index (χ1v) is 7.92. The number of hydrogen-bond donors (Lipinski definition) is 1. The van der Waals surface area contributed by atoms with E-state index >= 15 is 0 Å². The molecule has 0 radical (unpaired) electrons. The van der Waals surface area contributed by atoms with Crippen molar-refractivity contribution in [2.24, 2.45) is 5.92 Å². The van der Waals surface area contributed by atoms with E-state index in [0.717, 1.165) is 32.1 Å². The van der Waals surface area contributed by atoms with Gasteiger partial charge in [-0.3, -0.25) is 4.79 Å². The van der Waals surface area contributed by atoms with Gasteiger partial charge in [-0.05, 0) is 59.4 Å². The van der Waals surface area contributed by atoms with Crippen molar-refractivity contribution in [1.29, 1.82) is 0 Å². The molecule has 0 aromatic heterocycles. The SMILES string of the molecule is CCOC(=O)C1(NC)CCCC1CCOC(C)(C)CC. The van der Waals surface area contributed by atoms with Crippen LogP contribution < -0.4 is 5.32 Å². The summed E-state index contributed by atoms with van der Waals surface area (Å²) in [5.74, 6) is 0.207. The van der Waals surface area contributed by atoms with Crippen LogP contribution >= 0.6 is 0 Å². The standard InChI is InChI=1S/C16H31NO3/c1-6-15(3,4)20-12-10-13-9-8-11-16(13,17-5)14(18)19-7-2/h13,17H,6-12H2,1-5H3. The van der Waals surface area contributed by atoms with E-state index in [2.05, 4.69) is 26.1 Å². The molecule has 4 heteroatoms. The molecule has 2 atom stereocenters. The molecule has 1 saturated carbocycles. The fourth-order valence-corrected chi connectivity index (χ4v) is 3.01. The molecule has 2 unspecified atom stereocenters. The Labute approximate surface area is 123 Å². The van der Waals surface area contributed by atoms with Gasteiger partial charge in [0.1, 0.15) is 5.54 Å². The lowest BCUT2D eigenvalue weighted by Crippen LogP contribution is -2.54. The summed E-state index contributed by atoms with van der Waals surface area (Å²) in [4.78, 5) is 12.3. The third-order valence-electron chi connectivity index (χ3n) is 4.72. The first kappa shape index (κ1) is 17.4. The normalized spacial score (nSPS) is 26.8. The molecule has 0 heterocycles. The van der Waals surface area contributed by atoms with E-state index in [9.17, 15) is 4.79 Å². The lowest BCUT2D eigenvalue weighted by Gasteiger charge is -2.33. The van der Waals surface area contributed by atoms with Crippen LogP contribution in [0.25, 0.3) is 0 Å². The number of hydrogen-bond acceptors (Lipinski definition) is 4. The Kier molecular flexibility index (Phi) is 6.46. The fraction of sp³-hybridized carbons (Fsp3) is 0.938. The van der Waals surface area contributed by atoms with Crippen LogP contribution in [0, 0.1) is 5.92 Å². The molecule has 0 spiro atoms. The summed E-state index contributed by atoms with van der Waals surface area (Å²) in [5, 5.41) is 3.24. The van der Waals surface area contributed by atoms with E-state index in [-0.39, 0.29) is 11.6 Å². The molecular weight excluding hydrogens is 254 g/mol. The van der Waals surface area contributed by atoms with Gasteiger partial charge in [-0.15, -0.1) is 0 Å². The molecule has 1 aliphatic carbocycles. The summed E-state index contributed by atoms with van der Waals surface area (Å²) in [6.07, 6.45) is 4.90. The Hall–Kier alpha value is -0.610. The summed E-state index contributed by atoms with van der Waals surface area (Å²) in [5.41, 5.74) is -0.583. The molecule has 0 bridgehead atoms. The lowest BCUT2D eigenvalue weighted by molar-refractivity contribution is -0.153. The topological polar surface area (TPSA) is 47.6 Å². The van der Waals surface area contributed by atoms with Crippen LogP contribution in [-0.2, 0) is 14.3 Å². The van der Waals surface area contributed by atoms with Crippen LogP contribution in [0.3, 0.4) is 0 Å². The summed E-state index contributed by atoms with van der Waals surface area (Å²) >= 11 is 0. The van der Waals surface area contributed by atoms with Gasteiger partial charge in [0.05, 0.1) is 12.2 Å². The second kappa shape index (κ2) is 7.41. The predicted octanol–water partition coefficient (Wildman–Crippen LogP) is 2.90. The van der Waals surface area contributed by atoms with E-state index in [1.807, 2.05) is 14.0 Å². The molecule has 4 nitrogen and oxygen atoms in total. The van der Waals surface area contributed by atoms with Crippen molar-refractivity contribution >= 4 is 5.97 Å².